The number of carbonyl (C=O) groups is 3. The van der Waals surface area contributed by atoms with Crippen molar-refractivity contribution in [3.05, 3.63) is 47.5 Å². The highest BCUT2D eigenvalue weighted by Gasteiger charge is 2.04. The number of benzene rings is 1. The van der Waals surface area contributed by atoms with E-state index in [9.17, 15) is 14.4 Å². The number of amides is 3. The first-order chi connectivity index (χ1) is 9.49. The second kappa shape index (κ2) is 7.73. The topological polar surface area (TPSA) is 95.5 Å². The van der Waals surface area contributed by atoms with E-state index in [1.165, 1.54) is 0 Å². The van der Waals surface area contributed by atoms with E-state index >= 15 is 0 Å². The zero-order chi connectivity index (χ0) is 15.0. The van der Waals surface area contributed by atoms with Crippen molar-refractivity contribution in [3.8, 4) is 0 Å². The number of nitrogens with one attached hydrogen (secondary N) is 2. The van der Waals surface area contributed by atoms with Gasteiger partial charge in [-0.1, -0.05) is 24.3 Å². The summed E-state index contributed by atoms with van der Waals surface area (Å²) in [6, 6.07) is 7.15. The minimum Gasteiger partial charge on any atom is -0.478 e. The van der Waals surface area contributed by atoms with Gasteiger partial charge in [-0.05, 0) is 24.5 Å². The molecule has 6 heteroatoms. The molecule has 3 amide bonds. The number of aryl methyl sites for hydroxylation is 1. The van der Waals surface area contributed by atoms with Crippen LogP contribution in [0, 0.1) is 6.92 Å². The second-order valence-corrected chi connectivity index (χ2v) is 4.09. The summed E-state index contributed by atoms with van der Waals surface area (Å²) in [6.45, 7) is 2.36. The largest absolute Gasteiger partial charge is 0.478 e. The third-order valence-electron chi connectivity index (χ3n) is 2.56. The fourth-order valence-electron chi connectivity index (χ4n) is 1.55. The first-order valence-electron chi connectivity index (χ1n) is 6.03. The lowest BCUT2D eigenvalue weighted by Crippen LogP contribution is -2.39. The van der Waals surface area contributed by atoms with E-state index in [-0.39, 0.29) is 0 Å². The highest BCUT2D eigenvalue weighted by atomic mass is 16.4. The molecule has 0 aliphatic carbocycles. The monoisotopic (exact) mass is 276 g/mol. The molecule has 20 heavy (non-hydrogen) atoms. The summed E-state index contributed by atoms with van der Waals surface area (Å²) in [5.41, 5.74) is 2.25. The SMILES string of the molecule is Cc1ccccc1CCNC(=O)NC(=O)C=CC(=O)O. The second-order valence-electron chi connectivity index (χ2n) is 4.09. The maximum atomic E-state index is 11.3. The Kier molecular flexibility index (Phi) is 5.96. The Morgan fingerprint density at radius 2 is 1.90 bits per heavy atom. The van der Waals surface area contributed by atoms with Crippen LogP contribution in [0.15, 0.2) is 36.4 Å². The molecule has 1 aromatic carbocycles. The smallest absolute Gasteiger partial charge is 0.328 e. The summed E-state index contributed by atoms with van der Waals surface area (Å²) < 4.78 is 0. The molecule has 0 saturated heterocycles. The van der Waals surface area contributed by atoms with Crippen molar-refractivity contribution in [2.45, 2.75) is 13.3 Å². The summed E-state index contributed by atoms with van der Waals surface area (Å²) in [5.74, 6) is -2.03. The Balaban J connectivity index is 2.32. The number of aliphatic carboxylic acids is 1. The van der Waals surface area contributed by atoms with Gasteiger partial charge in [0, 0.05) is 18.7 Å². The van der Waals surface area contributed by atoms with Crippen LogP contribution in [-0.2, 0) is 16.0 Å². The van der Waals surface area contributed by atoms with Gasteiger partial charge in [0.25, 0.3) is 5.91 Å². The van der Waals surface area contributed by atoms with E-state index < -0.39 is 17.9 Å². The molecule has 106 valence electrons. The van der Waals surface area contributed by atoms with Crippen LogP contribution in [0.2, 0.25) is 0 Å². The molecule has 6 nitrogen and oxygen atoms in total. The number of hydrogen-bond donors (Lipinski definition) is 3. The molecule has 0 spiro atoms. The molecule has 3 N–H and O–H groups in total. The van der Waals surface area contributed by atoms with Gasteiger partial charge in [-0.2, -0.15) is 0 Å². The predicted molar refractivity (Wildman–Crippen MR) is 73.2 cm³/mol. The molecular formula is C14H16N2O4. The summed E-state index contributed by atoms with van der Waals surface area (Å²) in [7, 11) is 0. The van der Waals surface area contributed by atoms with Crippen molar-refractivity contribution < 1.29 is 19.5 Å². The number of rotatable bonds is 5. The standard InChI is InChI=1S/C14H16N2O4/c1-10-4-2-3-5-11(10)8-9-15-14(20)16-12(17)6-7-13(18)19/h2-7H,8-9H2,1H3,(H,18,19)(H2,15,16,17,20). The van der Waals surface area contributed by atoms with E-state index in [1.54, 1.807) is 0 Å². The van der Waals surface area contributed by atoms with Crippen LogP contribution in [0.25, 0.3) is 0 Å². The van der Waals surface area contributed by atoms with Crippen LogP contribution >= 0.6 is 0 Å². The average Bonchev–Trinajstić information content (AvgIpc) is 2.38. The van der Waals surface area contributed by atoms with Gasteiger partial charge in [0.15, 0.2) is 0 Å². The fourth-order valence-corrected chi connectivity index (χ4v) is 1.55. The van der Waals surface area contributed by atoms with Crippen LogP contribution in [0.5, 0.6) is 0 Å². The molecule has 0 saturated carbocycles. The predicted octanol–water partition coefficient (Wildman–Crippen LogP) is 1.00. The third-order valence-corrected chi connectivity index (χ3v) is 2.56. The lowest BCUT2D eigenvalue weighted by atomic mass is 10.1. The van der Waals surface area contributed by atoms with Crippen LogP contribution in [0.3, 0.4) is 0 Å². The van der Waals surface area contributed by atoms with E-state index in [0.717, 1.165) is 17.2 Å². The van der Waals surface area contributed by atoms with Gasteiger partial charge in [0.2, 0.25) is 0 Å². The Morgan fingerprint density at radius 1 is 1.20 bits per heavy atom. The summed E-state index contributed by atoms with van der Waals surface area (Å²) in [6.07, 6.45) is 2.10. The van der Waals surface area contributed by atoms with Gasteiger partial charge in [-0.15, -0.1) is 0 Å². The third kappa shape index (κ3) is 5.81. The van der Waals surface area contributed by atoms with E-state index in [2.05, 4.69) is 5.32 Å². The Hall–Kier alpha value is -2.63. The first kappa shape index (κ1) is 15.4. The molecule has 0 heterocycles. The number of carboxylic acid groups (broad SMARTS) is 1. The molecule has 1 aromatic rings. The van der Waals surface area contributed by atoms with Gasteiger partial charge in [0.05, 0.1) is 0 Å². The van der Waals surface area contributed by atoms with Crippen molar-refractivity contribution in [1.29, 1.82) is 0 Å². The Labute approximate surface area is 116 Å². The normalized spacial score (nSPS) is 10.2. The number of imide groups is 1. The maximum Gasteiger partial charge on any atom is 0.328 e. The molecule has 0 aliphatic heterocycles. The molecule has 0 fully saturated rings. The van der Waals surface area contributed by atoms with Crippen molar-refractivity contribution >= 4 is 17.9 Å². The van der Waals surface area contributed by atoms with Gasteiger partial charge < -0.3 is 10.4 Å². The molecular weight excluding hydrogens is 260 g/mol. The van der Waals surface area contributed by atoms with E-state index in [0.29, 0.717) is 19.0 Å². The number of carboxylic acids is 1. The molecule has 0 bridgehead atoms. The number of urea groups is 1. The van der Waals surface area contributed by atoms with Gasteiger partial charge in [-0.25, -0.2) is 9.59 Å². The van der Waals surface area contributed by atoms with Gasteiger partial charge in [-0.3, -0.25) is 10.1 Å². The molecule has 0 aliphatic rings. The summed E-state index contributed by atoms with van der Waals surface area (Å²) in [4.78, 5) is 32.7. The highest BCUT2D eigenvalue weighted by Crippen LogP contribution is 2.06. The van der Waals surface area contributed by atoms with Crippen LogP contribution < -0.4 is 10.6 Å². The van der Waals surface area contributed by atoms with Crippen molar-refractivity contribution in [2.75, 3.05) is 6.54 Å². The van der Waals surface area contributed by atoms with Crippen molar-refractivity contribution in [3.63, 3.8) is 0 Å². The Bertz CT molecular complexity index is 538. The van der Waals surface area contributed by atoms with Crippen LogP contribution in [0.4, 0.5) is 4.79 Å². The molecule has 0 unspecified atom stereocenters. The number of hydrogen-bond acceptors (Lipinski definition) is 3. The molecule has 0 radical (unpaired) electrons. The fraction of sp³-hybridized carbons (Fsp3) is 0.214. The number of carbonyl (C=O) groups excluding carboxylic acids is 2. The minimum atomic E-state index is -1.25. The zero-order valence-corrected chi connectivity index (χ0v) is 11.1. The highest BCUT2D eigenvalue weighted by molar-refractivity contribution is 6.02. The van der Waals surface area contributed by atoms with Crippen LogP contribution in [0.1, 0.15) is 11.1 Å². The van der Waals surface area contributed by atoms with Gasteiger partial charge >= 0.3 is 12.0 Å². The quantitative estimate of drug-likeness (QED) is 0.699. The lowest BCUT2D eigenvalue weighted by Gasteiger charge is -2.07. The summed E-state index contributed by atoms with van der Waals surface area (Å²) in [5, 5.41) is 12.8. The lowest BCUT2D eigenvalue weighted by molar-refractivity contribution is -0.131. The van der Waals surface area contributed by atoms with E-state index in [1.807, 2.05) is 36.5 Å². The Morgan fingerprint density at radius 3 is 2.55 bits per heavy atom. The van der Waals surface area contributed by atoms with Crippen molar-refractivity contribution in [1.82, 2.24) is 10.6 Å². The van der Waals surface area contributed by atoms with Crippen molar-refractivity contribution in [2.24, 2.45) is 0 Å². The molecule has 0 atom stereocenters. The minimum absolute atomic E-state index is 0.382. The van der Waals surface area contributed by atoms with Gasteiger partial charge in [0.1, 0.15) is 0 Å². The zero-order valence-electron chi connectivity index (χ0n) is 11.1. The van der Waals surface area contributed by atoms with E-state index in [4.69, 9.17) is 5.11 Å². The summed E-state index contributed by atoms with van der Waals surface area (Å²) >= 11 is 0. The molecule has 1 rings (SSSR count). The molecule has 0 aromatic heterocycles. The van der Waals surface area contributed by atoms with Crippen LogP contribution in [-0.4, -0.2) is 29.6 Å². The first-order valence-corrected chi connectivity index (χ1v) is 6.03. The maximum absolute atomic E-state index is 11.3. The average molecular weight is 276 g/mol.